The molecule has 3 rings (SSSR count). The predicted octanol–water partition coefficient (Wildman–Crippen LogP) is 6.35. The van der Waals surface area contributed by atoms with Crippen LogP contribution in [0.15, 0.2) is 36.4 Å². The summed E-state index contributed by atoms with van der Waals surface area (Å²) in [5.74, 6) is 1.47. The van der Waals surface area contributed by atoms with E-state index in [4.69, 9.17) is 0 Å². The maximum atomic E-state index is 15.1. The van der Waals surface area contributed by atoms with Gasteiger partial charge in [-0.1, -0.05) is 69.9 Å². The van der Waals surface area contributed by atoms with Crippen molar-refractivity contribution in [2.45, 2.75) is 71.6 Å². The molecule has 2 nitrogen and oxygen atoms in total. The van der Waals surface area contributed by atoms with Crippen molar-refractivity contribution in [3.8, 4) is 11.1 Å². The Balaban J connectivity index is 1.67. The van der Waals surface area contributed by atoms with Crippen LogP contribution in [0.5, 0.6) is 0 Å². The van der Waals surface area contributed by atoms with Crippen molar-refractivity contribution in [2.24, 2.45) is 17.8 Å². The van der Waals surface area contributed by atoms with Crippen molar-refractivity contribution < 1.29 is 14.6 Å². The number of hydrogen-bond acceptors (Lipinski definition) is 2. The summed E-state index contributed by atoms with van der Waals surface area (Å²) in [4.78, 5) is 0. The van der Waals surface area contributed by atoms with E-state index in [1.54, 1.807) is 6.07 Å². The van der Waals surface area contributed by atoms with E-state index in [1.807, 2.05) is 12.1 Å². The number of rotatable bonds is 10. The van der Waals surface area contributed by atoms with E-state index in [0.717, 1.165) is 54.2 Å². The largest absolute Gasteiger partial charge is 0.396 e. The lowest BCUT2D eigenvalue weighted by molar-refractivity contribution is 0.144. The van der Waals surface area contributed by atoms with E-state index in [1.165, 1.54) is 37.7 Å². The molecule has 0 saturated heterocycles. The molecule has 1 aliphatic rings. The van der Waals surface area contributed by atoms with Gasteiger partial charge < -0.3 is 10.2 Å². The van der Waals surface area contributed by atoms with Gasteiger partial charge in [0.2, 0.25) is 0 Å². The molecule has 0 atom stereocenters. The van der Waals surface area contributed by atoms with Crippen LogP contribution in [-0.4, -0.2) is 23.4 Å². The Bertz CT molecular complexity index is 820. The lowest BCUT2D eigenvalue weighted by atomic mass is 9.80. The van der Waals surface area contributed by atoms with Crippen LogP contribution >= 0.6 is 0 Å². The standard InChI is InChI=1S/C28H39FO2/c1-3-25-16-22(10-11-24(18-30)19-31)12-14-26(25)27-15-13-23(17-28(27)29)9-8-21-6-4-20(2)5-7-21/h12-17,20-21,24,30-31H,3-11,18-19H2,1-2H3. The Morgan fingerprint density at radius 2 is 1.55 bits per heavy atom. The van der Waals surface area contributed by atoms with Gasteiger partial charge in [0.1, 0.15) is 5.82 Å². The Morgan fingerprint density at radius 3 is 2.16 bits per heavy atom. The van der Waals surface area contributed by atoms with Crippen molar-refractivity contribution in [1.29, 1.82) is 0 Å². The van der Waals surface area contributed by atoms with Gasteiger partial charge in [-0.15, -0.1) is 0 Å². The van der Waals surface area contributed by atoms with Gasteiger partial charge in [-0.3, -0.25) is 0 Å². The van der Waals surface area contributed by atoms with Crippen LogP contribution < -0.4 is 0 Å². The van der Waals surface area contributed by atoms with Crippen LogP contribution in [0, 0.1) is 23.6 Å². The molecule has 2 aromatic rings. The third-order valence-corrected chi connectivity index (χ3v) is 7.21. The monoisotopic (exact) mass is 426 g/mol. The van der Waals surface area contributed by atoms with Crippen molar-refractivity contribution in [3.05, 3.63) is 58.9 Å². The summed E-state index contributed by atoms with van der Waals surface area (Å²) in [6.45, 7) is 4.46. The SMILES string of the molecule is CCc1cc(CCC(CO)CO)ccc1-c1ccc(CCC2CCC(C)CC2)cc1F. The molecule has 0 aromatic heterocycles. The molecule has 0 spiro atoms. The Kier molecular flexibility index (Phi) is 9.10. The molecule has 0 unspecified atom stereocenters. The van der Waals surface area contributed by atoms with Crippen LogP contribution in [0.1, 0.15) is 69.1 Å². The molecule has 0 aliphatic heterocycles. The first kappa shape index (κ1) is 23.9. The highest BCUT2D eigenvalue weighted by molar-refractivity contribution is 5.69. The van der Waals surface area contributed by atoms with Crippen molar-refractivity contribution in [3.63, 3.8) is 0 Å². The van der Waals surface area contributed by atoms with E-state index < -0.39 is 0 Å². The van der Waals surface area contributed by atoms with Gasteiger partial charge in [0.15, 0.2) is 0 Å². The van der Waals surface area contributed by atoms with Crippen LogP contribution in [0.2, 0.25) is 0 Å². The quantitative estimate of drug-likeness (QED) is 0.465. The fourth-order valence-electron chi connectivity index (χ4n) is 4.89. The first-order valence-electron chi connectivity index (χ1n) is 12.2. The number of hydrogen-bond donors (Lipinski definition) is 2. The lowest BCUT2D eigenvalue weighted by Gasteiger charge is -2.26. The normalized spacial score (nSPS) is 19.2. The van der Waals surface area contributed by atoms with Gasteiger partial charge >= 0.3 is 0 Å². The zero-order valence-electron chi connectivity index (χ0n) is 19.2. The Hall–Kier alpha value is -1.71. The second kappa shape index (κ2) is 11.8. The van der Waals surface area contributed by atoms with Crippen LogP contribution in [0.25, 0.3) is 11.1 Å². The van der Waals surface area contributed by atoms with E-state index in [0.29, 0.717) is 5.56 Å². The third kappa shape index (κ3) is 6.63. The maximum Gasteiger partial charge on any atom is 0.131 e. The molecule has 1 fully saturated rings. The molecule has 2 aromatic carbocycles. The third-order valence-electron chi connectivity index (χ3n) is 7.21. The molecule has 31 heavy (non-hydrogen) atoms. The highest BCUT2D eigenvalue weighted by Crippen LogP contribution is 2.32. The predicted molar refractivity (Wildman–Crippen MR) is 127 cm³/mol. The lowest BCUT2D eigenvalue weighted by Crippen LogP contribution is -2.13. The minimum atomic E-state index is -0.127. The molecule has 3 heteroatoms. The summed E-state index contributed by atoms with van der Waals surface area (Å²) < 4.78 is 15.1. The van der Waals surface area contributed by atoms with Crippen molar-refractivity contribution >= 4 is 0 Å². The summed E-state index contributed by atoms with van der Waals surface area (Å²) in [6.07, 6.45) is 9.86. The summed E-state index contributed by atoms with van der Waals surface area (Å²) in [5.41, 5.74) is 5.07. The van der Waals surface area contributed by atoms with E-state index >= 15 is 4.39 Å². The van der Waals surface area contributed by atoms with E-state index in [-0.39, 0.29) is 24.9 Å². The number of halogens is 1. The van der Waals surface area contributed by atoms with Crippen LogP contribution in [-0.2, 0) is 19.3 Å². The van der Waals surface area contributed by atoms with Gasteiger partial charge in [-0.2, -0.15) is 0 Å². The maximum absolute atomic E-state index is 15.1. The number of benzene rings is 2. The zero-order chi connectivity index (χ0) is 22.2. The average Bonchev–Trinajstić information content (AvgIpc) is 2.79. The minimum absolute atomic E-state index is 0.00659. The fourth-order valence-corrected chi connectivity index (χ4v) is 4.89. The molecule has 1 saturated carbocycles. The van der Waals surface area contributed by atoms with E-state index in [9.17, 15) is 10.2 Å². The number of aliphatic hydroxyl groups is 2. The smallest absolute Gasteiger partial charge is 0.131 e. The molecule has 170 valence electrons. The van der Waals surface area contributed by atoms with E-state index in [2.05, 4.69) is 32.0 Å². The molecule has 1 aliphatic carbocycles. The van der Waals surface area contributed by atoms with Crippen LogP contribution in [0.4, 0.5) is 4.39 Å². The Morgan fingerprint density at radius 1 is 0.903 bits per heavy atom. The van der Waals surface area contributed by atoms with Crippen LogP contribution in [0.3, 0.4) is 0 Å². The topological polar surface area (TPSA) is 40.5 Å². The van der Waals surface area contributed by atoms with Gasteiger partial charge in [0.05, 0.1) is 0 Å². The zero-order valence-corrected chi connectivity index (χ0v) is 19.2. The second-order valence-corrected chi connectivity index (χ2v) is 9.59. The second-order valence-electron chi connectivity index (χ2n) is 9.59. The molecular formula is C28H39FO2. The summed E-state index contributed by atoms with van der Waals surface area (Å²) in [7, 11) is 0. The van der Waals surface area contributed by atoms with Crippen molar-refractivity contribution in [2.75, 3.05) is 13.2 Å². The summed E-state index contributed by atoms with van der Waals surface area (Å²) >= 11 is 0. The summed E-state index contributed by atoms with van der Waals surface area (Å²) in [5, 5.41) is 18.5. The molecule has 0 amide bonds. The molecule has 0 heterocycles. The van der Waals surface area contributed by atoms with Crippen molar-refractivity contribution in [1.82, 2.24) is 0 Å². The fraction of sp³-hybridized carbons (Fsp3) is 0.571. The number of aryl methyl sites for hydroxylation is 3. The molecule has 0 bridgehead atoms. The molecule has 2 N–H and O–H groups in total. The van der Waals surface area contributed by atoms with Gasteiger partial charge in [-0.25, -0.2) is 4.39 Å². The Labute approximate surface area is 187 Å². The first-order valence-corrected chi connectivity index (χ1v) is 12.2. The number of aliphatic hydroxyl groups excluding tert-OH is 2. The summed E-state index contributed by atoms with van der Waals surface area (Å²) in [6, 6.07) is 12.0. The van der Waals surface area contributed by atoms with Gasteiger partial charge in [0, 0.05) is 24.7 Å². The van der Waals surface area contributed by atoms with Gasteiger partial charge in [-0.05, 0) is 72.3 Å². The highest BCUT2D eigenvalue weighted by atomic mass is 19.1. The average molecular weight is 427 g/mol. The van der Waals surface area contributed by atoms with Gasteiger partial charge in [0.25, 0.3) is 0 Å². The minimum Gasteiger partial charge on any atom is -0.396 e. The highest BCUT2D eigenvalue weighted by Gasteiger charge is 2.18. The molecular weight excluding hydrogens is 387 g/mol. The molecule has 0 radical (unpaired) electrons. The first-order chi connectivity index (χ1) is 15.0.